The third-order valence-corrected chi connectivity index (χ3v) is 7.77. The van der Waals surface area contributed by atoms with Crippen LogP contribution in [0.3, 0.4) is 0 Å². The van der Waals surface area contributed by atoms with Crippen molar-refractivity contribution in [3.63, 3.8) is 0 Å². The van der Waals surface area contributed by atoms with Crippen LogP contribution in [0, 0.1) is 0 Å². The van der Waals surface area contributed by atoms with E-state index in [2.05, 4.69) is 11.9 Å². The number of amides is 2. The highest BCUT2D eigenvalue weighted by Gasteiger charge is 2.46. The number of fused-ring (bicyclic) bond motifs is 1. The van der Waals surface area contributed by atoms with Crippen molar-refractivity contribution < 1.29 is 29.0 Å². The van der Waals surface area contributed by atoms with Crippen LogP contribution in [-0.2, 0) is 20.8 Å². The van der Waals surface area contributed by atoms with E-state index >= 15 is 0 Å². The van der Waals surface area contributed by atoms with Gasteiger partial charge in [0.25, 0.3) is 11.5 Å². The summed E-state index contributed by atoms with van der Waals surface area (Å²) in [5, 5.41) is 9.89. The maximum atomic E-state index is 13.5. The zero-order valence-electron chi connectivity index (χ0n) is 24.4. The molecular formula is C32H38ClN3O7. The molecule has 230 valence electrons. The van der Waals surface area contributed by atoms with Gasteiger partial charge < -0.3 is 14.6 Å². The van der Waals surface area contributed by atoms with E-state index in [1.54, 1.807) is 24.3 Å². The number of aliphatic hydroxyl groups is 1. The number of halogens is 1. The summed E-state index contributed by atoms with van der Waals surface area (Å²) < 4.78 is 11.9. The molecule has 2 heterocycles. The van der Waals surface area contributed by atoms with E-state index < -0.39 is 36.2 Å². The van der Waals surface area contributed by atoms with Gasteiger partial charge in [0.05, 0.1) is 46.9 Å². The molecule has 1 aliphatic heterocycles. The Morgan fingerprint density at radius 2 is 1.65 bits per heavy atom. The summed E-state index contributed by atoms with van der Waals surface area (Å²) in [6.45, 7) is 1.91. The number of hydrogen-bond donors (Lipinski definition) is 1. The predicted molar refractivity (Wildman–Crippen MR) is 163 cm³/mol. The van der Waals surface area contributed by atoms with E-state index in [0.717, 1.165) is 28.7 Å². The molecule has 11 heteroatoms. The molecular weight excluding hydrogens is 574 g/mol. The molecule has 1 aliphatic rings. The SMILES string of the molecule is CCCCCCCCCCCCOC(=O)c1ccc(Cl)c(N2C(=O)OC(c3nc4ccccc4c(=O)n3CCO)C2=O)c1. The largest absolute Gasteiger partial charge is 0.462 e. The van der Waals surface area contributed by atoms with Gasteiger partial charge in [-0.3, -0.25) is 14.2 Å². The predicted octanol–water partition coefficient (Wildman–Crippen LogP) is 6.34. The molecule has 2 aromatic carbocycles. The van der Waals surface area contributed by atoms with Crippen molar-refractivity contribution in [2.75, 3.05) is 18.1 Å². The molecule has 43 heavy (non-hydrogen) atoms. The summed E-state index contributed by atoms with van der Waals surface area (Å²) in [5.41, 5.74) is -0.104. The van der Waals surface area contributed by atoms with Crippen LogP contribution in [0.15, 0.2) is 47.3 Å². The van der Waals surface area contributed by atoms with Gasteiger partial charge in [-0.05, 0) is 36.8 Å². The van der Waals surface area contributed by atoms with Gasteiger partial charge in [-0.25, -0.2) is 19.5 Å². The fourth-order valence-electron chi connectivity index (χ4n) is 5.14. The number of para-hydroxylation sites is 1. The van der Waals surface area contributed by atoms with Crippen molar-refractivity contribution in [2.24, 2.45) is 0 Å². The molecule has 1 fully saturated rings. The number of benzene rings is 2. The molecule has 1 atom stereocenters. The number of carbonyl (C=O) groups excluding carboxylic acids is 3. The van der Waals surface area contributed by atoms with Crippen LogP contribution in [0.4, 0.5) is 10.5 Å². The highest BCUT2D eigenvalue weighted by Crippen LogP contribution is 2.35. The maximum absolute atomic E-state index is 13.5. The number of carbonyl (C=O) groups is 3. The number of ether oxygens (including phenoxy) is 2. The monoisotopic (exact) mass is 611 g/mol. The first-order valence-electron chi connectivity index (χ1n) is 15.0. The lowest BCUT2D eigenvalue weighted by Gasteiger charge is -2.16. The molecule has 0 aliphatic carbocycles. The average Bonchev–Trinajstić information content (AvgIpc) is 3.30. The second kappa shape index (κ2) is 15.6. The van der Waals surface area contributed by atoms with E-state index in [-0.39, 0.29) is 35.2 Å². The Morgan fingerprint density at radius 3 is 2.35 bits per heavy atom. The topological polar surface area (TPSA) is 128 Å². The van der Waals surface area contributed by atoms with Crippen molar-refractivity contribution in [2.45, 2.75) is 83.8 Å². The second-order valence-corrected chi connectivity index (χ2v) is 11.0. The number of anilines is 1. The molecule has 10 nitrogen and oxygen atoms in total. The number of cyclic esters (lactones) is 1. The van der Waals surface area contributed by atoms with Crippen molar-refractivity contribution >= 4 is 46.2 Å². The summed E-state index contributed by atoms with van der Waals surface area (Å²) in [7, 11) is 0. The second-order valence-electron chi connectivity index (χ2n) is 10.6. The van der Waals surface area contributed by atoms with E-state index in [0.29, 0.717) is 10.9 Å². The molecule has 1 unspecified atom stereocenters. The number of nitrogens with zero attached hydrogens (tertiary/aromatic N) is 3. The summed E-state index contributed by atoms with van der Waals surface area (Å²) in [6, 6.07) is 10.7. The number of rotatable bonds is 16. The highest BCUT2D eigenvalue weighted by atomic mass is 35.5. The van der Waals surface area contributed by atoms with Crippen LogP contribution in [0.5, 0.6) is 0 Å². The Balaban J connectivity index is 1.40. The van der Waals surface area contributed by atoms with Gasteiger partial charge >= 0.3 is 12.1 Å². The Hall–Kier alpha value is -3.76. The van der Waals surface area contributed by atoms with E-state index in [1.807, 2.05) is 0 Å². The molecule has 0 bridgehead atoms. The van der Waals surface area contributed by atoms with Crippen molar-refractivity contribution in [1.82, 2.24) is 9.55 Å². The molecule has 0 radical (unpaired) electrons. The fraction of sp³-hybridized carbons (Fsp3) is 0.469. The summed E-state index contributed by atoms with van der Waals surface area (Å²) in [4.78, 5) is 57.5. The lowest BCUT2D eigenvalue weighted by Crippen LogP contribution is -2.33. The van der Waals surface area contributed by atoms with E-state index in [4.69, 9.17) is 21.1 Å². The average molecular weight is 612 g/mol. The Bertz CT molecular complexity index is 1510. The highest BCUT2D eigenvalue weighted by molar-refractivity contribution is 6.35. The minimum atomic E-state index is -1.56. The van der Waals surface area contributed by atoms with Gasteiger partial charge in [-0.15, -0.1) is 0 Å². The number of unbranched alkanes of at least 4 members (excludes halogenated alkanes) is 9. The molecule has 1 saturated heterocycles. The number of aliphatic hydroxyl groups excluding tert-OH is 1. The van der Waals surface area contributed by atoms with Gasteiger partial charge in [0, 0.05) is 0 Å². The summed E-state index contributed by atoms with van der Waals surface area (Å²) in [6.07, 6.45) is 9.03. The summed E-state index contributed by atoms with van der Waals surface area (Å²) >= 11 is 6.35. The minimum Gasteiger partial charge on any atom is -0.462 e. The molecule has 0 saturated carbocycles. The van der Waals surface area contributed by atoms with Gasteiger partial charge in [-0.1, -0.05) is 88.4 Å². The molecule has 1 aromatic heterocycles. The first kappa shape index (κ1) is 32.2. The van der Waals surface area contributed by atoms with Crippen molar-refractivity contribution in [1.29, 1.82) is 0 Å². The van der Waals surface area contributed by atoms with Gasteiger partial charge in [0.15, 0.2) is 5.82 Å². The van der Waals surface area contributed by atoms with Crippen LogP contribution < -0.4 is 10.5 Å². The van der Waals surface area contributed by atoms with Gasteiger partial charge in [0.2, 0.25) is 6.10 Å². The standard InChI is InChI=1S/C32H38ClN3O7/c1-2-3-4-5-6-7-8-9-10-13-20-42-31(40)22-16-17-24(33)26(21-22)36-30(39)27(43-32(36)41)28-34-25-15-12-11-14-23(25)29(38)35(28)18-19-37/h11-12,14-17,21,27,37H,2-10,13,18-20H2,1H3. The smallest absolute Gasteiger partial charge is 0.422 e. The number of imide groups is 1. The third kappa shape index (κ3) is 7.80. The van der Waals surface area contributed by atoms with Crippen LogP contribution >= 0.6 is 11.6 Å². The van der Waals surface area contributed by atoms with Crippen molar-refractivity contribution in [3.8, 4) is 0 Å². The van der Waals surface area contributed by atoms with E-state index in [1.165, 1.54) is 63.1 Å². The minimum absolute atomic E-state index is 0.0383. The van der Waals surface area contributed by atoms with Crippen molar-refractivity contribution in [3.05, 3.63) is 69.2 Å². The third-order valence-electron chi connectivity index (χ3n) is 7.45. The Kier molecular flexibility index (Phi) is 11.7. The van der Waals surface area contributed by atoms with Crippen LogP contribution in [0.2, 0.25) is 5.02 Å². The summed E-state index contributed by atoms with van der Waals surface area (Å²) in [5.74, 6) is -1.56. The Labute approximate surface area is 255 Å². The van der Waals surface area contributed by atoms with E-state index in [9.17, 15) is 24.3 Å². The number of aromatic nitrogens is 2. The normalized spacial score (nSPS) is 14.9. The quantitative estimate of drug-likeness (QED) is 0.147. The molecule has 2 amide bonds. The zero-order chi connectivity index (χ0) is 30.8. The van der Waals surface area contributed by atoms with Gasteiger partial charge in [0.1, 0.15) is 0 Å². The van der Waals surface area contributed by atoms with Crippen LogP contribution in [-0.4, -0.2) is 45.8 Å². The van der Waals surface area contributed by atoms with Gasteiger partial charge in [-0.2, -0.15) is 0 Å². The maximum Gasteiger partial charge on any atom is 0.422 e. The zero-order valence-corrected chi connectivity index (χ0v) is 25.2. The molecule has 0 spiro atoms. The molecule has 3 aromatic rings. The number of esters is 1. The lowest BCUT2D eigenvalue weighted by atomic mass is 10.1. The first-order chi connectivity index (χ1) is 20.9. The lowest BCUT2D eigenvalue weighted by molar-refractivity contribution is -0.122. The van der Waals surface area contributed by atoms with Crippen LogP contribution in [0.25, 0.3) is 10.9 Å². The number of hydrogen-bond acceptors (Lipinski definition) is 8. The Morgan fingerprint density at radius 1 is 0.977 bits per heavy atom. The molecule has 1 N–H and O–H groups in total. The first-order valence-corrected chi connectivity index (χ1v) is 15.4. The fourth-order valence-corrected chi connectivity index (χ4v) is 5.34. The van der Waals surface area contributed by atoms with Crippen LogP contribution in [0.1, 0.15) is 93.4 Å². The molecule has 4 rings (SSSR count).